The molecule has 0 unspecified atom stereocenters. The summed E-state index contributed by atoms with van der Waals surface area (Å²) < 4.78 is 10.5. The van der Waals surface area contributed by atoms with Gasteiger partial charge in [0, 0.05) is 11.8 Å². The topological polar surface area (TPSA) is 93.3 Å². The van der Waals surface area contributed by atoms with Crippen LogP contribution in [0.3, 0.4) is 0 Å². The summed E-state index contributed by atoms with van der Waals surface area (Å²) in [6.45, 7) is 4.04. The summed E-state index contributed by atoms with van der Waals surface area (Å²) in [6.07, 6.45) is 0.0364. The summed E-state index contributed by atoms with van der Waals surface area (Å²) in [7, 11) is 1.52. The molecule has 1 heterocycles. The van der Waals surface area contributed by atoms with Gasteiger partial charge in [0.2, 0.25) is 5.91 Å². The number of anilines is 1. The zero-order valence-corrected chi connectivity index (χ0v) is 16.2. The first-order chi connectivity index (χ1) is 12.4. The van der Waals surface area contributed by atoms with Gasteiger partial charge in [-0.15, -0.1) is 0 Å². The highest BCUT2D eigenvalue weighted by atomic mass is 35.5. The molecule has 9 heteroatoms. The molecule has 0 spiro atoms. The van der Waals surface area contributed by atoms with E-state index in [1.165, 1.54) is 13.2 Å². The molecule has 0 saturated heterocycles. The Morgan fingerprint density at radius 1 is 1.38 bits per heavy atom. The summed E-state index contributed by atoms with van der Waals surface area (Å²) in [5.74, 6) is 0.366. The predicted molar refractivity (Wildman–Crippen MR) is 102 cm³/mol. The lowest BCUT2D eigenvalue weighted by atomic mass is 10.3. The molecule has 0 aliphatic carbocycles. The average Bonchev–Trinajstić information content (AvgIpc) is 2.58. The van der Waals surface area contributed by atoms with Gasteiger partial charge in [-0.05, 0) is 32.0 Å². The minimum absolute atomic E-state index is 0.0364. The van der Waals surface area contributed by atoms with E-state index in [9.17, 15) is 9.59 Å². The third kappa shape index (κ3) is 6.36. The summed E-state index contributed by atoms with van der Waals surface area (Å²) in [6, 6.07) is 6.35. The second kappa shape index (κ2) is 9.61. The molecule has 0 saturated carbocycles. The van der Waals surface area contributed by atoms with Crippen molar-refractivity contribution in [2.45, 2.75) is 31.7 Å². The third-order valence-corrected chi connectivity index (χ3v) is 4.28. The highest BCUT2D eigenvalue weighted by Crippen LogP contribution is 2.27. The normalized spacial score (nSPS) is 10.8. The van der Waals surface area contributed by atoms with Gasteiger partial charge in [0.25, 0.3) is 5.56 Å². The first-order valence-electron chi connectivity index (χ1n) is 7.85. The Morgan fingerprint density at radius 2 is 2.15 bits per heavy atom. The van der Waals surface area contributed by atoms with Gasteiger partial charge < -0.3 is 19.8 Å². The first-order valence-corrected chi connectivity index (χ1v) is 9.21. The lowest BCUT2D eigenvalue weighted by molar-refractivity contribution is -0.113. The van der Waals surface area contributed by atoms with Crippen LogP contribution in [0, 0.1) is 0 Å². The second-order valence-electron chi connectivity index (χ2n) is 5.59. The van der Waals surface area contributed by atoms with Crippen LogP contribution in [-0.2, 0) is 16.1 Å². The van der Waals surface area contributed by atoms with E-state index in [1.54, 1.807) is 18.2 Å². The van der Waals surface area contributed by atoms with Crippen LogP contribution in [0.5, 0.6) is 5.75 Å². The highest BCUT2D eigenvalue weighted by molar-refractivity contribution is 7.99. The van der Waals surface area contributed by atoms with Gasteiger partial charge in [0.15, 0.2) is 5.16 Å². The van der Waals surface area contributed by atoms with Crippen molar-refractivity contribution in [1.29, 1.82) is 0 Å². The van der Waals surface area contributed by atoms with E-state index >= 15 is 0 Å². The zero-order valence-electron chi connectivity index (χ0n) is 14.7. The molecule has 26 heavy (non-hydrogen) atoms. The molecule has 0 aliphatic heterocycles. The van der Waals surface area contributed by atoms with Crippen molar-refractivity contribution in [3.05, 3.63) is 45.3 Å². The zero-order chi connectivity index (χ0) is 19.1. The third-order valence-electron chi connectivity index (χ3n) is 3.11. The van der Waals surface area contributed by atoms with Crippen LogP contribution in [0.2, 0.25) is 5.02 Å². The van der Waals surface area contributed by atoms with E-state index < -0.39 is 0 Å². The number of aromatic amines is 1. The molecule has 140 valence electrons. The van der Waals surface area contributed by atoms with Gasteiger partial charge in [0.05, 0.1) is 36.3 Å². The summed E-state index contributed by atoms with van der Waals surface area (Å²) in [4.78, 5) is 30.7. The maximum absolute atomic E-state index is 12.1. The fraction of sp³-hybridized carbons (Fsp3) is 0.353. The lowest BCUT2D eigenvalue weighted by Crippen LogP contribution is -2.16. The van der Waals surface area contributed by atoms with Crippen molar-refractivity contribution < 1.29 is 14.3 Å². The van der Waals surface area contributed by atoms with Crippen LogP contribution >= 0.6 is 23.4 Å². The summed E-state index contributed by atoms with van der Waals surface area (Å²) in [5.41, 5.74) is 0.793. The van der Waals surface area contributed by atoms with E-state index in [0.29, 0.717) is 27.3 Å². The number of hydrogen-bond acceptors (Lipinski definition) is 6. The van der Waals surface area contributed by atoms with E-state index in [4.69, 9.17) is 21.1 Å². The Kier molecular flexibility index (Phi) is 7.50. The fourth-order valence-electron chi connectivity index (χ4n) is 1.95. The number of methoxy groups -OCH3 is 1. The molecule has 0 aliphatic rings. The van der Waals surface area contributed by atoms with E-state index in [0.717, 1.165) is 11.8 Å². The molecule has 1 aromatic carbocycles. The number of rotatable bonds is 8. The number of benzene rings is 1. The number of halogens is 1. The molecule has 0 atom stereocenters. The largest absolute Gasteiger partial charge is 0.495 e. The van der Waals surface area contributed by atoms with Crippen LogP contribution in [0.25, 0.3) is 0 Å². The van der Waals surface area contributed by atoms with Crippen LogP contribution in [0.15, 0.2) is 34.2 Å². The van der Waals surface area contributed by atoms with Gasteiger partial charge in [-0.2, -0.15) is 0 Å². The molecule has 0 fully saturated rings. The Morgan fingerprint density at radius 3 is 2.81 bits per heavy atom. The lowest BCUT2D eigenvalue weighted by Gasteiger charge is -2.09. The molecule has 2 N–H and O–H groups in total. The number of nitrogens with one attached hydrogen (secondary N) is 2. The van der Waals surface area contributed by atoms with Gasteiger partial charge in [-0.1, -0.05) is 23.4 Å². The standard InChI is InChI=1S/C17H20ClN3O4S/c1-10(2)25-8-12-7-15(22)21-17(20-12)26-9-16(23)19-11-4-5-14(24-3)13(18)6-11/h4-7,10H,8-9H2,1-3H3,(H,19,23)(H,20,21,22). The van der Waals surface area contributed by atoms with Gasteiger partial charge in [0.1, 0.15) is 5.75 Å². The monoisotopic (exact) mass is 397 g/mol. The van der Waals surface area contributed by atoms with Crippen molar-refractivity contribution in [2.75, 3.05) is 18.2 Å². The number of H-pyrrole nitrogens is 1. The number of ether oxygens (including phenoxy) is 2. The Hall–Kier alpha value is -2.03. The van der Waals surface area contributed by atoms with Crippen molar-refractivity contribution in [1.82, 2.24) is 9.97 Å². The van der Waals surface area contributed by atoms with Crippen LogP contribution in [0.4, 0.5) is 5.69 Å². The highest BCUT2D eigenvalue weighted by Gasteiger charge is 2.09. The minimum Gasteiger partial charge on any atom is -0.495 e. The SMILES string of the molecule is COc1ccc(NC(=O)CSc2nc(COC(C)C)cc(=O)[nH]2)cc1Cl. The van der Waals surface area contributed by atoms with E-state index in [2.05, 4.69) is 15.3 Å². The van der Waals surface area contributed by atoms with Crippen molar-refractivity contribution >= 4 is 35.0 Å². The molecule has 0 bridgehead atoms. The molecule has 1 aromatic heterocycles. The number of amides is 1. The van der Waals surface area contributed by atoms with Crippen LogP contribution < -0.4 is 15.6 Å². The minimum atomic E-state index is -0.285. The van der Waals surface area contributed by atoms with Gasteiger partial charge in [-0.25, -0.2) is 4.98 Å². The number of carbonyl (C=O) groups is 1. The molecule has 1 amide bonds. The van der Waals surface area contributed by atoms with Crippen molar-refractivity contribution in [2.24, 2.45) is 0 Å². The van der Waals surface area contributed by atoms with Gasteiger partial charge >= 0.3 is 0 Å². The van der Waals surface area contributed by atoms with Crippen LogP contribution in [0.1, 0.15) is 19.5 Å². The van der Waals surface area contributed by atoms with Crippen molar-refractivity contribution in [3.63, 3.8) is 0 Å². The van der Waals surface area contributed by atoms with E-state index in [-0.39, 0.29) is 29.9 Å². The first kappa shape index (κ1) is 20.3. The molecule has 7 nitrogen and oxygen atoms in total. The quantitative estimate of drug-likeness (QED) is 0.525. The Labute approximate surface area is 160 Å². The average molecular weight is 398 g/mol. The number of thioether (sulfide) groups is 1. The summed E-state index contributed by atoms with van der Waals surface area (Å²) in [5, 5.41) is 3.50. The second-order valence-corrected chi connectivity index (χ2v) is 6.96. The smallest absolute Gasteiger partial charge is 0.251 e. The van der Waals surface area contributed by atoms with E-state index in [1.807, 2.05) is 13.8 Å². The maximum atomic E-state index is 12.1. The Balaban J connectivity index is 1.94. The Bertz CT molecular complexity index is 826. The number of aromatic nitrogens is 2. The molecule has 0 radical (unpaired) electrons. The number of carbonyl (C=O) groups excluding carboxylic acids is 1. The predicted octanol–water partition coefficient (Wildman–Crippen LogP) is 3.09. The maximum Gasteiger partial charge on any atom is 0.251 e. The van der Waals surface area contributed by atoms with Gasteiger partial charge in [-0.3, -0.25) is 9.59 Å². The fourth-order valence-corrected chi connectivity index (χ4v) is 2.91. The number of nitrogens with zero attached hydrogens (tertiary/aromatic N) is 1. The molecule has 2 aromatic rings. The van der Waals surface area contributed by atoms with Crippen LogP contribution in [-0.4, -0.2) is 34.8 Å². The van der Waals surface area contributed by atoms with Crippen molar-refractivity contribution in [3.8, 4) is 5.75 Å². The molecular weight excluding hydrogens is 378 g/mol. The summed E-state index contributed by atoms with van der Waals surface area (Å²) >= 11 is 7.16. The number of hydrogen-bond donors (Lipinski definition) is 2. The molecular formula is C17H20ClN3O4S. The molecule has 2 rings (SSSR count).